The molecule has 0 saturated carbocycles. The Morgan fingerprint density at radius 3 is 3.26 bits per heavy atom. The van der Waals surface area contributed by atoms with Gasteiger partial charge in [0.2, 0.25) is 0 Å². The molecule has 1 atom stereocenters. The number of rotatable bonds is 5. The summed E-state index contributed by atoms with van der Waals surface area (Å²) >= 11 is 0. The first-order valence-corrected chi connectivity index (χ1v) is 7.11. The normalized spacial score (nSPS) is 21.3. The monoisotopic (exact) mass is 263 g/mol. The van der Waals surface area contributed by atoms with E-state index in [1.807, 2.05) is 0 Å². The number of hydrogen-bond donors (Lipinski definition) is 2. The summed E-state index contributed by atoms with van der Waals surface area (Å²) in [5.74, 6) is 1.86. The maximum Gasteiger partial charge on any atom is 0.161 e. The minimum absolute atomic E-state index is 0.159. The number of nitrogens with zero attached hydrogens (tertiary/aromatic N) is 3. The quantitative estimate of drug-likeness (QED) is 0.792. The van der Waals surface area contributed by atoms with Gasteiger partial charge in [0.15, 0.2) is 11.6 Å². The van der Waals surface area contributed by atoms with Crippen molar-refractivity contribution in [3.63, 3.8) is 0 Å². The van der Waals surface area contributed by atoms with Crippen LogP contribution in [0.4, 0.5) is 17.3 Å². The Morgan fingerprint density at radius 1 is 1.53 bits per heavy atom. The van der Waals surface area contributed by atoms with Crippen molar-refractivity contribution in [3.8, 4) is 0 Å². The summed E-state index contributed by atoms with van der Waals surface area (Å²) in [6.07, 6.45) is 6.31. The third kappa shape index (κ3) is 2.45. The minimum atomic E-state index is 0.159. The number of fused-ring (bicyclic) bond motifs is 1. The Morgan fingerprint density at radius 2 is 2.47 bits per heavy atom. The van der Waals surface area contributed by atoms with Gasteiger partial charge < -0.3 is 20.3 Å². The Balaban J connectivity index is 1.76. The molecule has 2 N–H and O–H groups in total. The molecule has 2 aliphatic rings. The van der Waals surface area contributed by atoms with Crippen molar-refractivity contribution in [1.82, 2.24) is 9.97 Å². The zero-order chi connectivity index (χ0) is 13.1. The standard InChI is InChI=1S/C13H21N5O/c1-2-3-6-14-12-11-13(16-8-15-12)18(9-17-11)10-5-4-7-19-10/h8,10,17H,2-7,9H2,1H3,(H,14,15,16)/t10-/m1/s1. The second-order valence-corrected chi connectivity index (χ2v) is 4.97. The predicted molar refractivity (Wildman–Crippen MR) is 75.4 cm³/mol. The third-order valence-electron chi connectivity index (χ3n) is 3.60. The fraction of sp³-hybridized carbons (Fsp3) is 0.692. The lowest BCUT2D eigenvalue weighted by Crippen LogP contribution is -2.34. The highest BCUT2D eigenvalue weighted by molar-refractivity contribution is 5.81. The molecular weight excluding hydrogens is 242 g/mol. The molecule has 0 spiro atoms. The molecule has 0 unspecified atom stereocenters. The van der Waals surface area contributed by atoms with Gasteiger partial charge in [-0.3, -0.25) is 0 Å². The molecule has 3 rings (SSSR count). The molecule has 1 aromatic heterocycles. The Hall–Kier alpha value is -1.56. The van der Waals surface area contributed by atoms with Crippen LogP contribution in [0, 0.1) is 0 Å². The Kier molecular flexibility index (Phi) is 3.68. The van der Waals surface area contributed by atoms with Crippen LogP contribution >= 0.6 is 0 Å². The largest absolute Gasteiger partial charge is 0.368 e. The summed E-state index contributed by atoms with van der Waals surface area (Å²) in [7, 11) is 0. The predicted octanol–water partition coefficient (Wildman–Crippen LogP) is 2.01. The first-order valence-electron chi connectivity index (χ1n) is 7.11. The van der Waals surface area contributed by atoms with Crippen molar-refractivity contribution in [3.05, 3.63) is 6.33 Å². The average Bonchev–Trinajstić information content (AvgIpc) is 3.07. The van der Waals surface area contributed by atoms with E-state index in [0.29, 0.717) is 0 Å². The van der Waals surface area contributed by atoms with Crippen LogP contribution in [-0.4, -0.2) is 36.0 Å². The molecule has 1 fully saturated rings. The summed E-state index contributed by atoms with van der Waals surface area (Å²) in [5, 5.41) is 6.76. The van der Waals surface area contributed by atoms with E-state index in [1.165, 1.54) is 6.42 Å². The summed E-state index contributed by atoms with van der Waals surface area (Å²) in [4.78, 5) is 10.9. The fourth-order valence-corrected chi connectivity index (χ4v) is 2.56. The fourth-order valence-electron chi connectivity index (χ4n) is 2.56. The van der Waals surface area contributed by atoms with Crippen molar-refractivity contribution in [1.29, 1.82) is 0 Å². The first-order chi connectivity index (χ1) is 9.40. The zero-order valence-corrected chi connectivity index (χ0v) is 11.4. The van der Waals surface area contributed by atoms with Gasteiger partial charge in [0.1, 0.15) is 18.2 Å². The molecule has 0 aromatic carbocycles. The van der Waals surface area contributed by atoms with Crippen LogP contribution in [0.3, 0.4) is 0 Å². The Labute approximate surface area is 113 Å². The van der Waals surface area contributed by atoms with Gasteiger partial charge in [-0.05, 0) is 19.3 Å². The lowest BCUT2D eigenvalue weighted by Gasteiger charge is -2.23. The molecular formula is C13H21N5O. The SMILES string of the molecule is CCCCNc1ncnc2c1NCN2[C@H]1CCCO1. The van der Waals surface area contributed by atoms with E-state index in [9.17, 15) is 0 Å². The second-order valence-electron chi connectivity index (χ2n) is 4.97. The summed E-state index contributed by atoms with van der Waals surface area (Å²) in [5.41, 5.74) is 1.01. The molecule has 0 aliphatic carbocycles. The highest BCUT2D eigenvalue weighted by atomic mass is 16.5. The van der Waals surface area contributed by atoms with E-state index in [1.54, 1.807) is 6.33 Å². The minimum Gasteiger partial charge on any atom is -0.368 e. The molecule has 19 heavy (non-hydrogen) atoms. The highest BCUT2D eigenvalue weighted by Crippen LogP contribution is 2.36. The zero-order valence-electron chi connectivity index (χ0n) is 11.4. The van der Waals surface area contributed by atoms with Gasteiger partial charge in [-0.1, -0.05) is 13.3 Å². The van der Waals surface area contributed by atoms with Crippen LogP contribution in [0.15, 0.2) is 6.33 Å². The molecule has 104 valence electrons. The smallest absolute Gasteiger partial charge is 0.161 e. The van der Waals surface area contributed by atoms with Gasteiger partial charge in [-0.2, -0.15) is 0 Å². The topological polar surface area (TPSA) is 62.3 Å². The summed E-state index contributed by atoms with van der Waals surface area (Å²) < 4.78 is 5.74. The van der Waals surface area contributed by atoms with Crippen LogP contribution in [-0.2, 0) is 4.74 Å². The molecule has 6 nitrogen and oxygen atoms in total. The van der Waals surface area contributed by atoms with E-state index < -0.39 is 0 Å². The maximum atomic E-state index is 5.74. The number of unbranched alkanes of at least 4 members (excludes halogenated alkanes) is 1. The van der Waals surface area contributed by atoms with Gasteiger partial charge in [-0.25, -0.2) is 9.97 Å². The van der Waals surface area contributed by atoms with Crippen LogP contribution in [0.5, 0.6) is 0 Å². The van der Waals surface area contributed by atoms with Crippen LogP contribution in [0.25, 0.3) is 0 Å². The van der Waals surface area contributed by atoms with Crippen molar-refractivity contribution in [2.24, 2.45) is 0 Å². The molecule has 1 saturated heterocycles. The number of nitrogens with one attached hydrogen (secondary N) is 2. The van der Waals surface area contributed by atoms with Crippen molar-refractivity contribution < 1.29 is 4.74 Å². The van der Waals surface area contributed by atoms with Crippen molar-refractivity contribution in [2.45, 2.75) is 38.8 Å². The van der Waals surface area contributed by atoms with Gasteiger partial charge >= 0.3 is 0 Å². The van der Waals surface area contributed by atoms with Crippen LogP contribution < -0.4 is 15.5 Å². The first kappa shape index (κ1) is 12.5. The van der Waals surface area contributed by atoms with Gasteiger partial charge in [0.25, 0.3) is 0 Å². The summed E-state index contributed by atoms with van der Waals surface area (Å²) in [6, 6.07) is 0. The molecule has 1 aromatic rings. The van der Waals surface area contributed by atoms with E-state index in [4.69, 9.17) is 4.74 Å². The van der Waals surface area contributed by atoms with Crippen molar-refractivity contribution >= 4 is 17.3 Å². The van der Waals surface area contributed by atoms with Gasteiger partial charge in [0.05, 0.1) is 6.67 Å². The maximum absolute atomic E-state index is 5.74. The van der Waals surface area contributed by atoms with E-state index in [-0.39, 0.29) is 6.23 Å². The average molecular weight is 263 g/mol. The van der Waals surface area contributed by atoms with E-state index in [2.05, 4.69) is 32.4 Å². The molecule has 0 radical (unpaired) electrons. The Bertz CT molecular complexity index is 433. The van der Waals surface area contributed by atoms with Gasteiger partial charge in [-0.15, -0.1) is 0 Å². The van der Waals surface area contributed by atoms with Crippen LogP contribution in [0.1, 0.15) is 32.6 Å². The van der Waals surface area contributed by atoms with E-state index >= 15 is 0 Å². The highest BCUT2D eigenvalue weighted by Gasteiger charge is 2.31. The van der Waals surface area contributed by atoms with Crippen molar-refractivity contribution in [2.75, 3.05) is 35.4 Å². The number of anilines is 3. The van der Waals surface area contributed by atoms with Crippen LogP contribution in [0.2, 0.25) is 0 Å². The number of aromatic nitrogens is 2. The summed E-state index contributed by atoms with van der Waals surface area (Å²) in [6.45, 7) is 4.73. The lowest BCUT2D eigenvalue weighted by molar-refractivity contribution is 0.109. The van der Waals surface area contributed by atoms with E-state index in [0.717, 1.165) is 56.4 Å². The number of ether oxygens (including phenoxy) is 1. The third-order valence-corrected chi connectivity index (χ3v) is 3.60. The number of hydrogen-bond acceptors (Lipinski definition) is 6. The molecule has 3 heterocycles. The second kappa shape index (κ2) is 5.61. The molecule has 6 heteroatoms. The molecule has 0 amide bonds. The molecule has 2 aliphatic heterocycles. The molecule has 0 bridgehead atoms. The lowest BCUT2D eigenvalue weighted by atomic mass is 10.3. The van der Waals surface area contributed by atoms with Gasteiger partial charge in [0, 0.05) is 13.2 Å².